The van der Waals surface area contributed by atoms with Gasteiger partial charge in [0.05, 0.1) is 26.4 Å². The smallest absolute Gasteiger partial charge is 0.462 e. The molecule has 0 saturated heterocycles. The second-order valence-electron chi connectivity index (χ2n) is 25.9. The quantitative estimate of drug-likeness (QED) is 0.0169. The Labute approximate surface area is 629 Å². The topological polar surface area (TPSA) is 237 Å². The van der Waals surface area contributed by atoms with Crippen LogP contribution in [0.5, 0.6) is 0 Å². The van der Waals surface area contributed by atoms with Crippen LogP contribution in [0.1, 0.15) is 297 Å². The van der Waals surface area contributed by atoms with Gasteiger partial charge < -0.3 is 33.8 Å². The lowest BCUT2D eigenvalue weighted by atomic mass is 10.1. The van der Waals surface area contributed by atoms with E-state index in [1.807, 2.05) is 0 Å². The van der Waals surface area contributed by atoms with Gasteiger partial charge in [-0.15, -0.1) is 0 Å². The lowest BCUT2D eigenvalue weighted by Crippen LogP contribution is -2.30. The Morgan fingerprint density at radius 3 is 0.788 bits per heavy atom. The molecule has 0 aromatic rings. The summed E-state index contributed by atoms with van der Waals surface area (Å²) >= 11 is 0. The SMILES string of the molecule is CC/C=C\C/C=C\C/C=C\C/C=C\CCCCCCC(=O)OCC(COP(=O)(O)OCC(O)COP(=O)(O)OCC(COC(=O)CCCCCCCCC/C=C\C/C=C\C/C=C\CC)OC(=O)CCCCCCC/C=C\C/C=C\CCCCC)OC(=O)CCCC/C=C\C/C=C\C/C=C\C/C=C\CC. The summed E-state index contributed by atoms with van der Waals surface area (Å²) in [6.07, 6.45) is 87.9. The monoisotopic (exact) mass is 1490 g/mol. The van der Waals surface area contributed by atoms with E-state index in [0.717, 1.165) is 193 Å². The molecule has 0 aliphatic heterocycles. The molecule has 0 aromatic carbocycles. The first-order valence-corrected chi connectivity index (χ1v) is 42.7. The summed E-state index contributed by atoms with van der Waals surface area (Å²) in [7, 11) is -10.00. The van der Waals surface area contributed by atoms with E-state index in [1.54, 1.807) is 0 Å². The Morgan fingerprint density at radius 1 is 0.279 bits per heavy atom. The van der Waals surface area contributed by atoms with Crippen LogP contribution in [0.2, 0.25) is 0 Å². The number of carbonyl (C=O) groups excluding carboxylic acids is 4. The van der Waals surface area contributed by atoms with E-state index in [2.05, 4.69) is 186 Å². The predicted octanol–water partition coefficient (Wildman–Crippen LogP) is 23.2. The molecule has 0 saturated carbocycles. The summed E-state index contributed by atoms with van der Waals surface area (Å²) in [6.45, 7) is 4.40. The minimum absolute atomic E-state index is 0.0315. The van der Waals surface area contributed by atoms with E-state index in [-0.39, 0.29) is 25.7 Å². The third-order valence-corrected chi connectivity index (χ3v) is 17.9. The maximum absolute atomic E-state index is 13.1. The number of hydrogen-bond acceptors (Lipinski definition) is 15. The van der Waals surface area contributed by atoms with Crippen molar-refractivity contribution < 1.29 is 80.2 Å². The molecular weight excluding hydrogens is 1350 g/mol. The first-order valence-electron chi connectivity index (χ1n) is 39.7. The molecule has 0 aromatic heterocycles. The highest BCUT2D eigenvalue weighted by Crippen LogP contribution is 2.45. The molecule has 0 rings (SSSR count). The summed E-state index contributed by atoms with van der Waals surface area (Å²) in [5.41, 5.74) is 0. The van der Waals surface area contributed by atoms with Crippen molar-refractivity contribution in [1.82, 2.24) is 0 Å². The van der Waals surface area contributed by atoms with Crippen molar-refractivity contribution in [2.75, 3.05) is 39.6 Å². The minimum atomic E-state index is -5.00. The highest BCUT2D eigenvalue weighted by Gasteiger charge is 2.30. The molecule has 0 spiro atoms. The zero-order valence-corrected chi connectivity index (χ0v) is 66.4. The van der Waals surface area contributed by atoms with Crippen LogP contribution < -0.4 is 0 Å². The number of unbranched alkanes of at least 4 members (excludes halogenated alkanes) is 21. The van der Waals surface area contributed by atoms with Crippen molar-refractivity contribution in [3.05, 3.63) is 158 Å². The lowest BCUT2D eigenvalue weighted by Gasteiger charge is -2.21. The molecule has 0 aliphatic carbocycles. The molecule has 104 heavy (non-hydrogen) atoms. The van der Waals surface area contributed by atoms with Crippen LogP contribution in [-0.2, 0) is 65.4 Å². The molecule has 0 fully saturated rings. The standard InChI is InChI=1S/C85H140O17P2/c1-5-9-13-17-21-25-29-33-37-39-43-45-49-53-57-61-65-69-82(87)95-75-80(101-84(89)71-67-63-59-55-51-47-41-35-31-27-23-19-15-11-7-3)77-99-103(91,92)97-73-79(86)74-98-104(93,94)100-78-81(102-85(90)72-68-64-60-56-52-48-42-36-32-28-24-20-16-12-8-4)76-96-83(88)70-66-62-58-54-50-46-44-40-38-34-30-26-22-18-14-10-6-2/h9-11,13-15,21-28,33-38,41-43,45,51,55,79-81,86H,5-8,12,16-20,29-32,39-40,44,46-50,52-54,56-78H2,1-4H3,(H,91,92)(H,93,94)/b13-9-,14-10-,15-11-,25-21-,26-22-,27-23-,28-24-,37-33-,38-34-,41-35-,42-36-,45-43-,55-51-. The molecular formula is C85H140O17P2. The summed E-state index contributed by atoms with van der Waals surface area (Å²) in [5, 5.41) is 10.6. The van der Waals surface area contributed by atoms with Crippen LogP contribution in [0.3, 0.4) is 0 Å². The number of esters is 4. The molecule has 17 nitrogen and oxygen atoms in total. The molecule has 0 heterocycles. The summed E-state index contributed by atoms with van der Waals surface area (Å²) in [6, 6.07) is 0. The van der Waals surface area contributed by atoms with Crippen LogP contribution >= 0.6 is 15.6 Å². The normalized spacial score (nSPS) is 14.7. The van der Waals surface area contributed by atoms with Gasteiger partial charge in [0.15, 0.2) is 12.2 Å². The Morgan fingerprint density at radius 2 is 0.500 bits per heavy atom. The van der Waals surface area contributed by atoms with E-state index < -0.39 is 97.5 Å². The fraction of sp³-hybridized carbons (Fsp3) is 0.647. The number of rotatable bonds is 73. The van der Waals surface area contributed by atoms with Gasteiger partial charge in [-0.1, -0.05) is 263 Å². The van der Waals surface area contributed by atoms with Gasteiger partial charge in [-0.3, -0.25) is 37.3 Å². The van der Waals surface area contributed by atoms with Gasteiger partial charge in [0, 0.05) is 25.7 Å². The van der Waals surface area contributed by atoms with Gasteiger partial charge in [-0.2, -0.15) is 0 Å². The third-order valence-electron chi connectivity index (χ3n) is 16.0. The lowest BCUT2D eigenvalue weighted by molar-refractivity contribution is -0.161. The van der Waals surface area contributed by atoms with Crippen molar-refractivity contribution in [1.29, 1.82) is 0 Å². The fourth-order valence-electron chi connectivity index (χ4n) is 10.0. The molecule has 3 N–H and O–H groups in total. The second-order valence-corrected chi connectivity index (χ2v) is 28.8. The van der Waals surface area contributed by atoms with Crippen molar-refractivity contribution in [2.24, 2.45) is 0 Å². The molecule has 19 heteroatoms. The minimum Gasteiger partial charge on any atom is -0.462 e. The van der Waals surface area contributed by atoms with E-state index >= 15 is 0 Å². The second kappa shape index (κ2) is 75.9. The molecule has 0 aliphatic rings. The number of aliphatic hydroxyl groups is 1. The zero-order chi connectivity index (χ0) is 76.0. The van der Waals surface area contributed by atoms with Crippen molar-refractivity contribution in [3.8, 4) is 0 Å². The zero-order valence-electron chi connectivity index (χ0n) is 64.6. The highest BCUT2D eigenvalue weighted by atomic mass is 31.2. The van der Waals surface area contributed by atoms with Gasteiger partial charge in [-0.05, 0) is 167 Å². The maximum atomic E-state index is 13.1. The third kappa shape index (κ3) is 74.9. The highest BCUT2D eigenvalue weighted by molar-refractivity contribution is 7.47. The van der Waals surface area contributed by atoms with Crippen molar-refractivity contribution in [3.63, 3.8) is 0 Å². The fourth-order valence-corrected chi connectivity index (χ4v) is 11.6. The Balaban J connectivity index is 5.45. The van der Waals surface area contributed by atoms with Crippen LogP contribution in [0, 0.1) is 0 Å². The first-order chi connectivity index (χ1) is 50.7. The number of phosphoric acid groups is 2. The van der Waals surface area contributed by atoms with E-state index in [4.69, 9.17) is 37.0 Å². The average molecular weight is 1500 g/mol. The van der Waals surface area contributed by atoms with Crippen LogP contribution in [-0.4, -0.2) is 96.7 Å². The van der Waals surface area contributed by atoms with Gasteiger partial charge in [0.2, 0.25) is 0 Å². The summed E-state index contributed by atoms with van der Waals surface area (Å²) < 4.78 is 68.5. The number of phosphoric ester groups is 2. The molecule has 0 radical (unpaired) electrons. The maximum Gasteiger partial charge on any atom is 0.472 e. The Bertz CT molecular complexity index is 2590. The molecule has 592 valence electrons. The Kier molecular flexibility index (Phi) is 72.0. The number of ether oxygens (including phenoxy) is 4. The Hall–Kier alpha value is -5.32. The van der Waals surface area contributed by atoms with Crippen molar-refractivity contribution in [2.45, 2.75) is 316 Å². The van der Waals surface area contributed by atoms with E-state index in [9.17, 15) is 43.2 Å². The van der Waals surface area contributed by atoms with Crippen molar-refractivity contribution >= 4 is 39.5 Å². The number of allylic oxidation sites excluding steroid dienone is 26. The van der Waals surface area contributed by atoms with E-state index in [1.165, 1.54) is 19.3 Å². The van der Waals surface area contributed by atoms with Crippen LogP contribution in [0.15, 0.2) is 158 Å². The summed E-state index contributed by atoms with van der Waals surface area (Å²) in [5.74, 6) is -2.28. The van der Waals surface area contributed by atoms with Gasteiger partial charge in [-0.25, -0.2) is 9.13 Å². The van der Waals surface area contributed by atoms with Crippen LogP contribution in [0.25, 0.3) is 0 Å². The molecule has 5 atom stereocenters. The van der Waals surface area contributed by atoms with Gasteiger partial charge in [0.25, 0.3) is 0 Å². The molecule has 5 unspecified atom stereocenters. The van der Waals surface area contributed by atoms with Gasteiger partial charge >= 0.3 is 39.5 Å². The number of carbonyl (C=O) groups is 4. The molecule has 0 bridgehead atoms. The van der Waals surface area contributed by atoms with Gasteiger partial charge in [0.1, 0.15) is 19.3 Å². The van der Waals surface area contributed by atoms with Crippen LogP contribution in [0.4, 0.5) is 0 Å². The number of hydrogen-bond donors (Lipinski definition) is 3. The van der Waals surface area contributed by atoms with E-state index in [0.29, 0.717) is 32.1 Å². The number of aliphatic hydroxyl groups excluding tert-OH is 1. The summed E-state index contributed by atoms with van der Waals surface area (Å²) in [4.78, 5) is 73.0. The average Bonchev–Trinajstić information content (AvgIpc) is 0.937. The largest absolute Gasteiger partial charge is 0.472 e. The molecule has 0 amide bonds. The first kappa shape index (κ1) is 98.7. The predicted molar refractivity (Wildman–Crippen MR) is 427 cm³/mol.